The normalized spacial score (nSPS) is 24.7. The van der Waals surface area contributed by atoms with E-state index in [1.807, 2.05) is 29.0 Å². The molecule has 4 nitrogen and oxygen atoms in total. The van der Waals surface area contributed by atoms with E-state index in [9.17, 15) is 0 Å². The molecule has 2 heterocycles. The number of aromatic nitrogens is 2. The van der Waals surface area contributed by atoms with E-state index in [2.05, 4.69) is 18.0 Å². The summed E-state index contributed by atoms with van der Waals surface area (Å²) < 4.78 is 14.3. The van der Waals surface area contributed by atoms with Gasteiger partial charge in [0.25, 0.3) is 0 Å². The van der Waals surface area contributed by atoms with Gasteiger partial charge in [0.2, 0.25) is 0 Å². The summed E-state index contributed by atoms with van der Waals surface area (Å²) in [6, 6.07) is 7.95. The summed E-state index contributed by atoms with van der Waals surface area (Å²) >= 11 is 6.06. The number of halogens is 1. The summed E-state index contributed by atoms with van der Waals surface area (Å²) in [6.07, 6.45) is 8.30. The third-order valence-corrected chi connectivity index (χ3v) is 4.27. The molecule has 0 aliphatic carbocycles. The van der Waals surface area contributed by atoms with Crippen molar-refractivity contribution in [3.05, 3.63) is 53.6 Å². The third kappa shape index (κ3) is 3.69. The van der Waals surface area contributed by atoms with Gasteiger partial charge in [-0.25, -0.2) is 4.98 Å². The highest BCUT2D eigenvalue weighted by Gasteiger charge is 2.40. The maximum Gasteiger partial charge on any atom is 0.187 e. The van der Waals surface area contributed by atoms with Crippen LogP contribution in [0.4, 0.5) is 0 Å². The number of ether oxygens (including phenoxy) is 2. The van der Waals surface area contributed by atoms with Crippen LogP contribution in [-0.4, -0.2) is 28.0 Å². The Hall–Kier alpha value is -1.36. The monoisotopic (exact) mass is 320 g/mol. The van der Waals surface area contributed by atoms with Crippen molar-refractivity contribution >= 4 is 11.6 Å². The van der Waals surface area contributed by atoms with Crippen LogP contribution < -0.4 is 0 Å². The molecule has 1 aliphatic rings. The summed E-state index contributed by atoms with van der Waals surface area (Å²) in [6.45, 7) is 3.43. The Morgan fingerprint density at radius 2 is 2.36 bits per heavy atom. The molecule has 1 fully saturated rings. The summed E-state index contributed by atoms with van der Waals surface area (Å²) in [7, 11) is 0. The van der Waals surface area contributed by atoms with Crippen LogP contribution in [0.3, 0.4) is 0 Å². The lowest BCUT2D eigenvalue weighted by atomic mass is 10.0. The number of hydrogen-bond acceptors (Lipinski definition) is 3. The van der Waals surface area contributed by atoms with Gasteiger partial charge in [0.15, 0.2) is 5.79 Å². The first kappa shape index (κ1) is 15.5. The van der Waals surface area contributed by atoms with Crippen LogP contribution >= 0.6 is 11.6 Å². The van der Waals surface area contributed by atoms with E-state index in [0.29, 0.717) is 13.2 Å². The van der Waals surface area contributed by atoms with Gasteiger partial charge in [0.1, 0.15) is 0 Å². The van der Waals surface area contributed by atoms with Crippen molar-refractivity contribution in [2.24, 2.45) is 0 Å². The molecule has 1 aliphatic heterocycles. The molecule has 0 N–H and O–H groups in total. The molecule has 3 rings (SSSR count). The van der Waals surface area contributed by atoms with Crippen molar-refractivity contribution in [1.82, 2.24) is 9.55 Å². The van der Waals surface area contributed by atoms with E-state index >= 15 is 0 Å². The number of nitrogens with zero attached hydrogens (tertiary/aromatic N) is 2. The van der Waals surface area contributed by atoms with E-state index in [0.717, 1.165) is 24.3 Å². The highest BCUT2D eigenvalue weighted by molar-refractivity contribution is 6.30. The minimum atomic E-state index is -0.580. The second-order valence-corrected chi connectivity index (χ2v) is 6.17. The number of imidazole rings is 1. The zero-order valence-corrected chi connectivity index (χ0v) is 13.5. The molecule has 1 aromatic carbocycles. The highest BCUT2D eigenvalue weighted by atomic mass is 35.5. The van der Waals surface area contributed by atoms with Crippen LogP contribution in [0.25, 0.3) is 0 Å². The first-order chi connectivity index (χ1) is 10.7. The molecular formula is C17H21ClN2O2. The first-order valence-electron chi connectivity index (χ1n) is 7.71. The number of hydrogen-bond donors (Lipinski definition) is 0. The fraction of sp³-hybridized carbons (Fsp3) is 0.471. The van der Waals surface area contributed by atoms with E-state index in [1.165, 1.54) is 5.56 Å². The van der Waals surface area contributed by atoms with Gasteiger partial charge in [0.05, 0.1) is 25.6 Å². The molecule has 5 heteroatoms. The number of aryl methyl sites for hydroxylation is 1. The summed E-state index contributed by atoms with van der Waals surface area (Å²) in [4.78, 5) is 4.10. The highest BCUT2D eigenvalue weighted by Crippen LogP contribution is 2.32. The van der Waals surface area contributed by atoms with E-state index in [1.54, 1.807) is 12.5 Å². The Bertz CT molecular complexity index is 602. The molecule has 0 radical (unpaired) electrons. The van der Waals surface area contributed by atoms with Gasteiger partial charge >= 0.3 is 0 Å². The van der Waals surface area contributed by atoms with Gasteiger partial charge in [0, 0.05) is 23.8 Å². The molecule has 22 heavy (non-hydrogen) atoms. The summed E-state index contributed by atoms with van der Waals surface area (Å²) in [5.41, 5.74) is 1.20. The maximum absolute atomic E-state index is 6.22. The van der Waals surface area contributed by atoms with Crippen LogP contribution in [-0.2, 0) is 22.4 Å². The molecule has 0 saturated carbocycles. The standard InChI is InChI=1S/C17H21ClN2O2/c1-2-16-11-21-17(22-16,12-20-9-8-19-13-20)7-6-14-4-3-5-15(18)10-14/h3-5,8-10,13,16H,2,6-7,11-12H2,1H3. The van der Waals surface area contributed by atoms with Gasteiger partial charge in [-0.2, -0.15) is 0 Å². The Morgan fingerprint density at radius 1 is 1.45 bits per heavy atom. The maximum atomic E-state index is 6.22. The largest absolute Gasteiger partial charge is 0.345 e. The summed E-state index contributed by atoms with van der Waals surface area (Å²) in [5, 5.41) is 0.765. The lowest BCUT2D eigenvalue weighted by molar-refractivity contribution is -0.182. The third-order valence-electron chi connectivity index (χ3n) is 4.04. The molecule has 0 spiro atoms. The summed E-state index contributed by atoms with van der Waals surface area (Å²) in [5.74, 6) is -0.580. The Morgan fingerprint density at radius 3 is 3.05 bits per heavy atom. The van der Waals surface area contributed by atoms with Crippen LogP contribution in [0.2, 0.25) is 5.02 Å². The number of rotatable bonds is 6. The molecular weight excluding hydrogens is 300 g/mol. The fourth-order valence-electron chi connectivity index (χ4n) is 2.80. The smallest absolute Gasteiger partial charge is 0.187 e. The van der Waals surface area contributed by atoms with Crippen molar-refractivity contribution < 1.29 is 9.47 Å². The second kappa shape index (κ2) is 6.82. The predicted molar refractivity (Wildman–Crippen MR) is 85.8 cm³/mol. The molecule has 2 unspecified atom stereocenters. The van der Waals surface area contributed by atoms with Crippen LogP contribution in [0.1, 0.15) is 25.3 Å². The quantitative estimate of drug-likeness (QED) is 0.814. The topological polar surface area (TPSA) is 36.3 Å². The van der Waals surface area contributed by atoms with Crippen molar-refractivity contribution in [1.29, 1.82) is 0 Å². The molecule has 1 saturated heterocycles. The average molecular weight is 321 g/mol. The molecule has 0 bridgehead atoms. The van der Waals surface area contributed by atoms with Gasteiger partial charge in [-0.05, 0) is 30.5 Å². The lowest BCUT2D eigenvalue weighted by Crippen LogP contribution is -2.36. The van der Waals surface area contributed by atoms with Crippen LogP contribution in [0.15, 0.2) is 43.0 Å². The zero-order valence-electron chi connectivity index (χ0n) is 12.7. The van der Waals surface area contributed by atoms with Gasteiger partial charge in [-0.3, -0.25) is 0 Å². The molecule has 2 aromatic rings. The Kier molecular flexibility index (Phi) is 4.81. The minimum absolute atomic E-state index is 0.169. The van der Waals surface area contributed by atoms with Gasteiger partial charge in [-0.15, -0.1) is 0 Å². The van der Waals surface area contributed by atoms with Crippen molar-refractivity contribution in [2.45, 2.75) is 44.6 Å². The van der Waals surface area contributed by atoms with Crippen molar-refractivity contribution in [2.75, 3.05) is 6.61 Å². The average Bonchev–Trinajstić information content (AvgIpc) is 3.16. The number of benzene rings is 1. The Balaban J connectivity index is 1.71. The molecule has 1 aromatic heterocycles. The zero-order chi connectivity index (χ0) is 15.4. The Labute approximate surface area is 136 Å². The van der Waals surface area contributed by atoms with Crippen molar-refractivity contribution in [3.63, 3.8) is 0 Å². The van der Waals surface area contributed by atoms with Crippen molar-refractivity contribution in [3.8, 4) is 0 Å². The van der Waals surface area contributed by atoms with E-state index in [-0.39, 0.29) is 6.10 Å². The second-order valence-electron chi connectivity index (χ2n) is 5.73. The van der Waals surface area contributed by atoms with E-state index < -0.39 is 5.79 Å². The molecule has 118 valence electrons. The predicted octanol–water partition coefficient (Wildman–Crippen LogP) is 3.69. The fourth-order valence-corrected chi connectivity index (χ4v) is 3.01. The molecule has 2 atom stereocenters. The molecule has 0 amide bonds. The minimum Gasteiger partial charge on any atom is -0.345 e. The van der Waals surface area contributed by atoms with E-state index in [4.69, 9.17) is 21.1 Å². The lowest BCUT2D eigenvalue weighted by Gasteiger charge is -2.28. The van der Waals surface area contributed by atoms with Crippen LogP contribution in [0.5, 0.6) is 0 Å². The van der Waals surface area contributed by atoms with Gasteiger partial charge in [-0.1, -0.05) is 30.7 Å². The first-order valence-corrected chi connectivity index (χ1v) is 8.09. The SMILES string of the molecule is CCC1COC(CCc2cccc(Cl)c2)(Cn2ccnc2)O1. The van der Waals surface area contributed by atoms with Crippen LogP contribution in [0, 0.1) is 0 Å². The van der Waals surface area contributed by atoms with Gasteiger partial charge < -0.3 is 14.0 Å².